The number of benzene rings is 3. The highest BCUT2D eigenvalue weighted by atomic mass is 16.5. The Labute approximate surface area is 168 Å². The maximum atomic E-state index is 11.6. The first-order valence-corrected chi connectivity index (χ1v) is 9.06. The predicted octanol–water partition coefficient (Wildman–Crippen LogP) is 5.28. The lowest BCUT2D eigenvalue weighted by atomic mass is 9.97. The number of hydrogen-bond donors (Lipinski definition) is 1. The molecule has 5 nitrogen and oxygen atoms in total. The highest BCUT2D eigenvalue weighted by molar-refractivity contribution is 6.00. The lowest BCUT2D eigenvalue weighted by Gasteiger charge is -2.13. The molecule has 0 bridgehead atoms. The first-order valence-electron chi connectivity index (χ1n) is 9.06. The fraction of sp³-hybridized carbons (Fsp3) is 0.0833. The summed E-state index contributed by atoms with van der Waals surface area (Å²) < 4.78 is 10.8. The molecule has 4 rings (SSSR count). The van der Waals surface area contributed by atoms with E-state index in [0.717, 1.165) is 27.6 Å². The minimum Gasteiger partial charge on any atom is -0.493 e. The van der Waals surface area contributed by atoms with Gasteiger partial charge in [0.2, 0.25) is 0 Å². The third-order valence-corrected chi connectivity index (χ3v) is 4.84. The molecule has 1 heterocycles. The van der Waals surface area contributed by atoms with Crippen LogP contribution < -0.4 is 9.47 Å². The van der Waals surface area contributed by atoms with Gasteiger partial charge in [0.15, 0.2) is 11.5 Å². The Morgan fingerprint density at radius 3 is 2.00 bits per heavy atom. The molecule has 0 aliphatic heterocycles. The van der Waals surface area contributed by atoms with Gasteiger partial charge in [-0.2, -0.15) is 0 Å². The van der Waals surface area contributed by atoms with Crippen molar-refractivity contribution in [1.29, 1.82) is 0 Å². The molecule has 0 atom stereocenters. The van der Waals surface area contributed by atoms with Crippen molar-refractivity contribution in [2.45, 2.75) is 0 Å². The summed E-state index contributed by atoms with van der Waals surface area (Å²) in [4.78, 5) is 15.9. The Kier molecular flexibility index (Phi) is 4.87. The molecule has 4 aromatic rings. The molecule has 0 fully saturated rings. The average molecular weight is 385 g/mol. The number of pyridine rings is 1. The van der Waals surface area contributed by atoms with Gasteiger partial charge in [0.25, 0.3) is 0 Å². The number of rotatable bonds is 5. The van der Waals surface area contributed by atoms with Gasteiger partial charge in [0, 0.05) is 11.5 Å². The molecular weight excluding hydrogens is 366 g/mol. The number of methoxy groups -OCH3 is 2. The highest BCUT2D eigenvalue weighted by Gasteiger charge is 2.16. The molecule has 29 heavy (non-hydrogen) atoms. The predicted molar refractivity (Wildman–Crippen MR) is 113 cm³/mol. The zero-order valence-corrected chi connectivity index (χ0v) is 16.0. The molecule has 1 N–H and O–H groups in total. The zero-order valence-electron chi connectivity index (χ0n) is 16.0. The van der Waals surface area contributed by atoms with Crippen LogP contribution in [-0.2, 0) is 0 Å². The Morgan fingerprint density at radius 1 is 0.793 bits per heavy atom. The summed E-state index contributed by atoms with van der Waals surface area (Å²) >= 11 is 0. The summed E-state index contributed by atoms with van der Waals surface area (Å²) in [5, 5.41) is 10.3. The molecule has 0 saturated heterocycles. The second-order valence-corrected chi connectivity index (χ2v) is 6.53. The normalized spacial score (nSPS) is 10.7. The summed E-state index contributed by atoms with van der Waals surface area (Å²) in [7, 11) is 3.10. The van der Waals surface area contributed by atoms with Crippen molar-refractivity contribution in [2.75, 3.05) is 14.2 Å². The van der Waals surface area contributed by atoms with Gasteiger partial charge in [0.05, 0.1) is 19.7 Å². The monoisotopic (exact) mass is 385 g/mol. The number of hydrogen-bond acceptors (Lipinski definition) is 4. The van der Waals surface area contributed by atoms with E-state index in [1.807, 2.05) is 48.5 Å². The van der Waals surface area contributed by atoms with E-state index >= 15 is 0 Å². The molecule has 0 amide bonds. The molecule has 0 spiro atoms. The second-order valence-electron chi connectivity index (χ2n) is 6.53. The molecule has 0 aliphatic carbocycles. The molecule has 144 valence electrons. The molecule has 1 aromatic heterocycles. The average Bonchev–Trinajstić information content (AvgIpc) is 2.78. The quantitative estimate of drug-likeness (QED) is 0.506. The van der Waals surface area contributed by atoms with E-state index in [2.05, 4.69) is 17.1 Å². The minimum absolute atomic E-state index is 0.0214. The first-order chi connectivity index (χ1) is 14.1. The van der Waals surface area contributed by atoms with Crippen LogP contribution in [0.25, 0.3) is 33.2 Å². The van der Waals surface area contributed by atoms with Crippen molar-refractivity contribution in [2.24, 2.45) is 0 Å². The summed E-state index contributed by atoms with van der Waals surface area (Å²) in [6, 6.07) is 23.2. The zero-order chi connectivity index (χ0) is 20.4. The lowest BCUT2D eigenvalue weighted by molar-refractivity contribution is 0.0691. The topological polar surface area (TPSA) is 68.7 Å². The molecule has 3 aromatic carbocycles. The second kappa shape index (κ2) is 7.64. The molecule has 0 radical (unpaired) electrons. The van der Waals surface area contributed by atoms with Crippen LogP contribution in [-0.4, -0.2) is 30.3 Å². The van der Waals surface area contributed by atoms with Crippen LogP contribution in [0, 0.1) is 0 Å². The number of carboxylic acids is 1. The van der Waals surface area contributed by atoms with Crippen molar-refractivity contribution in [3.05, 3.63) is 78.5 Å². The standard InChI is InChI=1S/C24H19NO4/c1-28-22-13-19-18(12-21(24(26)27)25-20(19)14-23(22)29-2)17-10-8-16(9-11-17)15-6-4-3-5-7-15/h3-14H,1-2H3,(H,26,27). The molecular formula is C24H19NO4. The van der Waals surface area contributed by atoms with Crippen molar-refractivity contribution in [3.63, 3.8) is 0 Å². The summed E-state index contributed by atoms with van der Waals surface area (Å²) in [6.07, 6.45) is 0. The molecule has 5 heteroatoms. The van der Waals surface area contributed by atoms with Crippen LogP contribution >= 0.6 is 0 Å². The van der Waals surface area contributed by atoms with Gasteiger partial charge in [-0.05, 0) is 34.4 Å². The number of aromatic nitrogens is 1. The van der Waals surface area contributed by atoms with Gasteiger partial charge in [0.1, 0.15) is 5.69 Å². The third kappa shape index (κ3) is 3.50. The lowest BCUT2D eigenvalue weighted by Crippen LogP contribution is -2.02. The van der Waals surface area contributed by atoms with E-state index in [0.29, 0.717) is 17.0 Å². The van der Waals surface area contributed by atoms with Crippen LogP contribution in [0.1, 0.15) is 10.5 Å². The minimum atomic E-state index is -1.08. The van der Waals surface area contributed by atoms with Gasteiger partial charge in [-0.3, -0.25) is 0 Å². The number of aromatic carboxylic acids is 1. The van der Waals surface area contributed by atoms with Gasteiger partial charge in [-0.15, -0.1) is 0 Å². The summed E-state index contributed by atoms with van der Waals surface area (Å²) in [5.74, 6) is -0.0173. The Hall–Kier alpha value is -3.86. The molecule has 0 unspecified atom stereocenters. The van der Waals surface area contributed by atoms with E-state index in [1.165, 1.54) is 7.11 Å². The van der Waals surface area contributed by atoms with E-state index in [-0.39, 0.29) is 5.69 Å². The third-order valence-electron chi connectivity index (χ3n) is 4.84. The molecule has 0 aliphatic rings. The van der Waals surface area contributed by atoms with Crippen molar-refractivity contribution in [3.8, 4) is 33.8 Å². The Bertz CT molecular complexity index is 1190. The largest absolute Gasteiger partial charge is 0.493 e. The number of carboxylic acid groups (broad SMARTS) is 1. The first kappa shape index (κ1) is 18.5. The summed E-state index contributed by atoms with van der Waals surface area (Å²) in [6.45, 7) is 0. The van der Waals surface area contributed by atoms with Gasteiger partial charge < -0.3 is 14.6 Å². The van der Waals surface area contributed by atoms with E-state index in [9.17, 15) is 9.90 Å². The van der Waals surface area contributed by atoms with Crippen LogP contribution in [0.15, 0.2) is 72.8 Å². The van der Waals surface area contributed by atoms with Crippen molar-refractivity contribution < 1.29 is 19.4 Å². The summed E-state index contributed by atoms with van der Waals surface area (Å²) in [5.41, 5.74) is 4.39. The number of ether oxygens (including phenoxy) is 2. The SMILES string of the molecule is COc1cc2nc(C(=O)O)cc(-c3ccc(-c4ccccc4)cc3)c2cc1OC. The number of fused-ring (bicyclic) bond motifs is 1. The maximum Gasteiger partial charge on any atom is 0.354 e. The van der Waals surface area contributed by atoms with Gasteiger partial charge >= 0.3 is 5.97 Å². The van der Waals surface area contributed by atoms with E-state index < -0.39 is 5.97 Å². The Balaban J connectivity index is 1.90. The fourth-order valence-electron chi connectivity index (χ4n) is 3.37. The van der Waals surface area contributed by atoms with E-state index in [4.69, 9.17) is 9.47 Å². The van der Waals surface area contributed by atoms with Crippen LogP contribution in [0.5, 0.6) is 11.5 Å². The van der Waals surface area contributed by atoms with Crippen LogP contribution in [0.2, 0.25) is 0 Å². The maximum absolute atomic E-state index is 11.6. The van der Waals surface area contributed by atoms with Crippen molar-refractivity contribution >= 4 is 16.9 Å². The molecule has 0 saturated carbocycles. The van der Waals surface area contributed by atoms with Gasteiger partial charge in [-0.25, -0.2) is 9.78 Å². The van der Waals surface area contributed by atoms with E-state index in [1.54, 1.807) is 19.2 Å². The van der Waals surface area contributed by atoms with Crippen LogP contribution in [0.3, 0.4) is 0 Å². The number of nitrogens with zero attached hydrogens (tertiary/aromatic N) is 1. The Morgan fingerprint density at radius 2 is 1.38 bits per heavy atom. The fourth-order valence-corrected chi connectivity index (χ4v) is 3.37. The smallest absolute Gasteiger partial charge is 0.354 e. The number of carbonyl (C=O) groups is 1. The van der Waals surface area contributed by atoms with Gasteiger partial charge in [-0.1, -0.05) is 54.6 Å². The highest BCUT2D eigenvalue weighted by Crippen LogP contribution is 2.37. The van der Waals surface area contributed by atoms with Crippen LogP contribution in [0.4, 0.5) is 0 Å². The van der Waals surface area contributed by atoms with Crippen molar-refractivity contribution in [1.82, 2.24) is 4.98 Å².